The predicted molar refractivity (Wildman–Crippen MR) is 96.9 cm³/mol. The number of para-hydroxylation sites is 1. The summed E-state index contributed by atoms with van der Waals surface area (Å²) >= 11 is 0. The van der Waals surface area contributed by atoms with Crippen molar-refractivity contribution in [3.05, 3.63) is 41.5 Å². The molecule has 0 radical (unpaired) electrons. The van der Waals surface area contributed by atoms with Crippen molar-refractivity contribution in [2.75, 3.05) is 4.90 Å². The average molecular weight is 335 g/mol. The fourth-order valence-corrected chi connectivity index (χ4v) is 6.06. The van der Waals surface area contributed by atoms with Crippen molar-refractivity contribution in [1.82, 2.24) is 0 Å². The smallest absolute Gasteiger partial charge is 0.238 e. The molecular weight excluding hydrogens is 310 g/mol. The summed E-state index contributed by atoms with van der Waals surface area (Å²) in [7, 11) is 0. The number of hydrogen-bond donors (Lipinski definition) is 0. The van der Waals surface area contributed by atoms with E-state index in [-0.39, 0.29) is 23.7 Å². The van der Waals surface area contributed by atoms with Crippen LogP contribution in [-0.4, -0.2) is 11.8 Å². The number of nitrogens with zero attached hydrogens (tertiary/aromatic N) is 1. The highest BCUT2D eigenvalue weighted by Crippen LogP contribution is 2.56. The van der Waals surface area contributed by atoms with Crippen LogP contribution >= 0.6 is 0 Å². The maximum atomic E-state index is 13.4. The van der Waals surface area contributed by atoms with Crippen LogP contribution < -0.4 is 4.90 Å². The Labute approximate surface area is 149 Å². The number of carbonyl (C=O) groups excluding carboxylic acids is 2. The molecule has 3 aliphatic carbocycles. The highest BCUT2D eigenvalue weighted by molar-refractivity contribution is 6.22. The van der Waals surface area contributed by atoms with Crippen LogP contribution in [0.15, 0.2) is 41.5 Å². The third-order valence-corrected chi connectivity index (χ3v) is 7.01. The van der Waals surface area contributed by atoms with Crippen LogP contribution in [0.2, 0.25) is 0 Å². The lowest BCUT2D eigenvalue weighted by Gasteiger charge is -2.44. The molecule has 1 heterocycles. The van der Waals surface area contributed by atoms with Crippen molar-refractivity contribution in [2.24, 2.45) is 23.7 Å². The fraction of sp³-hybridized carbons (Fsp3) is 0.545. The Balaban J connectivity index is 1.61. The van der Waals surface area contributed by atoms with Crippen LogP contribution in [0.1, 0.15) is 51.4 Å². The summed E-state index contributed by atoms with van der Waals surface area (Å²) in [6.45, 7) is 0. The molecule has 3 heteroatoms. The molecule has 4 atom stereocenters. The van der Waals surface area contributed by atoms with E-state index in [0.29, 0.717) is 11.8 Å². The summed E-state index contributed by atoms with van der Waals surface area (Å²) in [6.07, 6.45) is 9.40. The molecule has 5 rings (SSSR count). The van der Waals surface area contributed by atoms with Crippen molar-refractivity contribution >= 4 is 17.5 Å². The molecule has 1 saturated heterocycles. The largest absolute Gasteiger partial charge is 0.274 e. The van der Waals surface area contributed by atoms with E-state index < -0.39 is 0 Å². The topological polar surface area (TPSA) is 37.4 Å². The molecule has 25 heavy (non-hydrogen) atoms. The molecular formula is C22H25NO2. The predicted octanol–water partition coefficient (Wildman–Crippen LogP) is 4.48. The zero-order valence-electron chi connectivity index (χ0n) is 14.6. The molecule has 0 N–H and O–H groups in total. The Morgan fingerprint density at radius 1 is 0.720 bits per heavy atom. The van der Waals surface area contributed by atoms with E-state index in [4.69, 9.17) is 0 Å². The van der Waals surface area contributed by atoms with Crippen molar-refractivity contribution in [1.29, 1.82) is 0 Å². The molecule has 1 aromatic carbocycles. The van der Waals surface area contributed by atoms with Gasteiger partial charge in [-0.15, -0.1) is 0 Å². The van der Waals surface area contributed by atoms with Gasteiger partial charge in [0.05, 0.1) is 17.5 Å². The molecule has 1 aliphatic heterocycles. The van der Waals surface area contributed by atoms with E-state index in [0.717, 1.165) is 31.4 Å². The number of carbonyl (C=O) groups is 2. The highest BCUT2D eigenvalue weighted by atomic mass is 16.2. The first kappa shape index (κ1) is 15.4. The Morgan fingerprint density at radius 2 is 1.24 bits per heavy atom. The number of amides is 2. The van der Waals surface area contributed by atoms with Crippen LogP contribution in [0.5, 0.6) is 0 Å². The first-order valence-corrected chi connectivity index (χ1v) is 9.92. The van der Waals surface area contributed by atoms with Crippen molar-refractivity contribution in [3.8, 4) is 0 Å². The highest BCUT2D eigenvalue weighted by Gasteiger charge is 2.58. The van der Waals surface area contributed by atoms with Crippen LogP contribution in [-0.2, 0) is 9.59 Å². The van der Waals surface area contributed by atoms with Gasteiger partial charge in [-0.25, -0.2) is 0 Å². The van der Waals surface area contributed by atoms with Crippen LogP contribution in [0.3, 0.4) is 0 Å². The molecule has 0 aromatic heterocycles. The minimum atomic E-state index is -0.102. The van der Waals surface area contributed by atoms with Gasteiger partial charge in [-0.3, -0.25) is 14.5 Å². The van der Waals surface area contributed by atoms with Crippen molar-refractivity contribution in [2.45, 2.75) is 51.4 Å². The minimum Gasteiger partial charge on any atom is -0.274 e. The number of rotatable bonds is 1. The van der Waals surface area contributed by atoms with Gasteiger partial charge in [0.2, 0.25) is 11.8 Å². The fourth-order valence-electron chi connectivity index (χ4n) is 6.06. The molecule has 3 nitrogen and oxygen atoms in total. The van der Waals surface area contributed by atoms with Crippen molar-refractivity contribution in [3.63, 3.8) is 0 Å². The molecule has 0 spiro atoms. The molecule has 3 fully saturated rings. The minimum absolute atomic E-state index is 0.0650. The molecule has 130 valence electrons. The van der Waals surface area contributed by atoms with E-state index in [9.17, 15) is 9.59 Å². The summed E-state index contributed by atoms with van der Waals surface area (Å²) in [5, 5.41) is 0. The monoisotopic (exact) mass is 335 g/mol. The zero-order valence-corrected chi connectivity index (χ0v) is 14.6. The summed E-state index contributed by atoms with van der Waals surface area (Å²) in [5.74, 6) is 0.580. The third-order valence-electron chi connectivity index (χ3n) is 7.01. The first-order chi connectivity index (χ1) is 12.3. The van der Waals surface area contributed by atoms with E-state index in [2.05, 4.69) is 0 Å². The maximum Gasteiger partial charge on any atom is 0.238 e. The van der Waals surface area contributed by atoms with Gasteiger partial charge in [0.15, 0.2) is 0 Å². The second-order valence-corrected chi connectivity index (χ2v) is 8.15. The van der Waals surface area contributed by atoms with E-state index in [1.54, 1.807) is 11.1 Å². The molecule has 0 bridgehead atoms. The SMILES string of the molecule is O=C1[C@@H]2[C@H](C(=O)N1c1ccccc1)[C@@H]1CCCCC1=C1CCCC[C@@H]12. The summed E-state index contributed by atoms with van der Waals surface area (Å²) in [6, 6.07) is 9.54. The van der Waals surface area contributed by atoms with Crippen LogP contribution in [0.4, 0.5) is 5.69 Å². The number of hydrogen-bond acceptors (Lipinski definition) is 2. The Kier molecular flexibility index (Phi) is 3.58. The molecule has 2 saturated carbocycles. The average Bonchev–Trinajstić information content (AvgIpc) is 2.94. The Morgan fingerprint density at radius 3 is 1.76 bits per heavy atom. The molecule has 2 amide bonds. The second kappa shape index (κ2) is 5.82. The Hall–Kier alpha value is -1.90. The first-order valence-electron chi connectivity index (χ1n) is 9.92. The van der Waals surface area contributed by atoms with Gasteiger partial charge in [-0.2, -0.15) is 0 Å². The number of benzene rings is 1. The number of anilines is 1. The lowest BCUT2D eigenvalue weighted by Crippen LogP contribution is -2.41. The normalized spacial score (nSPS) is 34.6. The molecule has 1 aromatic rings. The standard InChI is InChI=1S/C22H25NO2/c24-21-19-17-12-6-4-10-15(17)16-11-5-7-13-18(16)20(19)22(25)23(21)14-8-2-1-3-9-14/h1-3,8-9,17-20H,4-7,10-13H2/t17-,18+,19-,20+. The maximum absolute atomic E-state index is 13.4. The summed E-state index contributed by atoms with van der Waals surface area (Å²) in [4.78, 5) is 28.2. The van der Waals surface area contributed by atoms with Gasteiger partial charge in [0.1, 0.15) is 0 Å². The third kappa shape index (κ3) is 2.17. The number of allylic oxidation sites excluding steroid dienone is 2. The van der Waals surface area contributed by atoms with Gasteiger partial charge >= 0.3 is 0 Å². The van der Waals surface area contributed by atoms with Crippen molar-refractivity contribution < 1.29 is 9.59 Å². The van der Waals surface area contributed by atoms with Crippen LogP contribution in [0.25, 0.3) is 0 Å². The lowest BCUT2D eigenvalue weighted by molar-refractivity contribution is -0.123. The number of fused-ring (bicyclic) bond motifs is 5. The summed E-state index contributed by atoms with van der Waals surface area (Å²) < 4.78 is 0. The quantitative estimate of drug-likeness (QED) is 0.560. The summed E-state index contributed by atoms with van der Waals surface area (Å²) in [5.41, 5.74) is 3.91. The van der Waals surface area contributed by atoms with Gasteiger partial charge < -0.3 is 0 Å². The molecule has 0 unspecified atom stereocenters. The van der Waals surface area contributed by atoms with Gasteiger partial charge in [0, 0.05) is 0 Å². The van der Waals surface area contributed by atoms with E-state index in [1.807, 2.05) is 30.3 Å². The van der Waals surface area contributed by atoms with Crippen LogP contribution in [0, 0.1) is 23.7 Å². The lowest BCUT2D eigenvalue weighted by atomic mass is 9.58. The number of imide groups is 1. The van der Waals surface area contributed by atoms with Gasteiger partial charge in [-0.05, 0) is 62.5 Å². The van der Waals surface area contributed by atoms with E-state index >= 15 is 0 Å². The van der Waals surface area contributed by atoms with Gasteiger partial charge in [-0.1, -0.05) is 42.2 Å². The van der Waals surface area contributed by atoms with E-state index in [1.165, 1.54) is 30.6 Å². The van der Waals surface area contributed by atoms with Gasteiger partial charge in [0.25, 0.3) is 0 Å². The second-order valence-electron chi connectivity index (χ2n) is 8.15. The molecule has 4 aliphatic rings. The zero-order chi connectivity index (χ0) is 17.0. The Bertz CT molecular complexity index is 707.